The topological polar surface area (TPSA) is 56.8 Å². The molecule has 0 aliphatic heterocycles. The molecular weight excluding hydrogens is 366 g/mol. The lowest BCUT2D eigenvalue weighted by atomic mass is 9.93. The van der Waals surface area contributed by atoms with Crippen LogP contribution in [-0.4, -0.2) is 25.9 Å². The highest BCUT2D eigenvalue weighted by molar-refractivity contribution is 6.30. The van der Waals surface area contributed by atoms with Gasteiger partial charge < -0.3 is 14.2 Å². The SMILES string of the molecule is CCOC(=O)Nc1ccc(C)cc1C(OCC)(OCC)c1ccc(Cl)cc1. The van der Waals surface area contributed by atoms with Crippen molar-refractivity contribution >= 4 is 23.4 Å². The van der Waals surface area contributed by atoms with Crippen molar-refractivity contribution in [3.05, 3.63) is 64.2 Å². The maximum Gasteiger partial charge on any atom is 0.411 e. The third-order valence-corrected chi connectivity index (χ3v) is 4.21. The molecule has 0 unspecified atom stereocenters. The zero-order valence-electron chi connectivity index (χ0n) is 16.2. The van der Waals surface area contributed by atoms with Gasteiger partial charge >= 0.3 is 6.09 Å². The van der Waals surface area contributed by atoms with Crippen molar-refractivity contribution in [3.63, 3.8) is 0 Å². The molecule has 0 aliphatic carbocycles. The van der Waals surface area contributed by atoms with E-state index in [2.05, 4.69) is 5.32 Å². The molecule has 0 saturated carbocycles. The van der Waals surface area contributed by atoms with Crippen molar-refractivity contribution in [2.24, 2.45) is 0 Å². The molecule has 0 spiro atoms. The van der Waals surface area contributed by atoms with E-state index in [4.69, 9.17) is 25.8 Å². The zero-order chi connectivity index (χ0) is 19.9. The average Bonchev–Trinajstić information content (AvgIpc) is 2.64. The Bertz CT molecular complexity index is 755. The third-order valence-electron chi connectivity index (χ3n) is 3.96. The quantitative estimate of drug-likeness (QED) is 0.604. The van der Waals surface area contributed by atoms with E-state index < -0.39 is 11.9 Å². The van der Waals surface area contributed by atoms with E-state index in [-0.39, 0.29) is 6.61 Å². The van der Waals surface area contributed by atoms with Crippen molar-refractivity contribution < 1.29 is 19.0 Å². The van der Waals surface area contributed by atoms with E-state index in [9.17, 15) is 4.79 Å². The molecule has 2 rings (SSSR count). The Morgan fingerprint density at radius 1 is 1.00 bits per heavy atom. The Morgan fingerprint density at radius 2 is 1.63 bits per heavy atom. The number of carbonyl (C=O) groups excluding carboxylic acids is 1. The number of carbonyl (C=O) groups is 1. The summed E-state index contributed by atoms with van der Waals surface area (Å²) in [6.45, 7) is 8.64. The highest BCUT2D eigenvalue weighted by Gasteiger charge is 2.39. The molecule has 27 heavy (non-hydrogen) atoms. The van der Waals surface area contributed by atoms with Gasteiger partial charge in [0.2, 0.25) is 5.79 Å². The summed E-state index contributed by atoms with van der Waals surface area (Å²) in [5, 5.41) is 3.41. The van der Waals surface area contributed by atoms with Gasteiger partial charge in [0.25, 0.3) is 0 Å². The summed E-state index contributed by atoms with van der Waals surface area (Å²) in [6, 6.07) is 13.0. The molecule has 2 aromatic carbocycles. The summed E-state index contributed by atoms with van der Waals surface area (Å²) in [5.41, 5.74) is 3.06. The zero-order valence-corrected chi connectivity index (χ0v) is 16.9. The molecule has 146 valence electrons. The van der Waals surface area contributed by atoms with E-state index in [1.807, 2.05) is 51.1 Å². The summed E-state index contributed by atoms with van der Waals surface area (Å²) in [5.74, 6) is -1.19. The Hall–Kier alpha value is -2.08. The van der Waals surface area contributed by atoms with Crippen LogP contribution >= 0.6 is 11.6 Å². The number of benzene rings is 2. The molecule has 0 fully saturated rings. The first-order valence-electron chi connectivity index (χ1n) is 9.05. The van der Waals surface area contributed by atoms with E-state index in [1.165, 1.54) is 0 Å². The number of anilines is 1. The molecule has 0 aromatic heterocycles. The van der Waals surface area contributed by atoms with Crippen LogP contribution in [-0.2, 0) is 20.0 Å². The van der Waals surface area contributed by atoms with Gasteiger partial charge in [-0.25, -0.2) is 4.79 Å². The first-order valence-corrected chi connectivity index (χ1v) is 9.43. The molecule has 0 saturated heterocycles. The molecule has 6 heteroatoms. The predicted molar refractivity (Wildman–Crippen MR) is 107 cm³/mol. The van der Waals surface area contributed by atoms with Crippen LogP contribution in [0.15, 0.2) is 42.5 Å². The molecule has 0 atom stereocenters. The maximum atomic E-state index is 12.0. The molecule has 2 aromatic rings. The van der Waals surface area contributed by atoms with Gasteiger partial charge in [0, 0.05) is 29.4 Å². The van der Waals surface area contributed by atoms with Gasteiger partial charge in [0.05, 0.1) is 12.3 Å². The maximum absolute atomic E-state index is 12.0. The molecule has 0 aliphatic rings. The third kappa shape index (κ3) is 5.01. The number of halogens is 1. The van der Waals surface area contributed by atoms with Crippen LogP contribution in [0.25, 0.3) is 0 Å². The van der Waals surface area contributed by atoms with Crippen LogP contribution in [0.4, 0.5) is 10.5 Å². The van der Waals surface area contributed by atoms with Crippen LogP contribution in [0.3, 0.4) is 0 Å². The average molecular weight is 392 g/mol. The number of aryl methyl sites for hydroxylation is 1. The Morgan fingerprint density at radius 3 is 2.19 bits per heavy atom. The van der Waals surface area contributed by atoms with E-state index in [0.717, 1.165) is 11.1 Å². The van der Waals surface area contributed by atoms with Gasteiger partial charge in [0.1, 0.15) is 0 Å². The van der Waals surface area contributed by atoms with Crippen molar-refractivity contribution in [2.75, 3.05) is 25.1 Å². The molecule has 0 bridgehead atoms. The lowest BCUT2D eigenvalue weighted by molar-refractivity contribution is -0.212. The van der Waals surface area contributed by atoms with Crippen molar-refractivity contribution in [1.29, 1.82) is 0 Å². The van der Waals surface area contributed by atoms with Crippen LogP contribution in [0.5, 0.6) is 0 Å². The van der Waals surface area contributed by atoms with Crippen LogP contribution in [0, 0.1) is 6.92 Å². The minimum Gasteiger partial charge on any atom is -0.450 e. The van der Waals surface area contributed by atoms with E-state index in [0.29, 0.717) is 29.5 Å². The lowest BCUT2D eigenvalue weighted by Crippen LogP contribution is -2.36. The molecule has 0 heterocycles. The largest absolute Gasteiger partial charge is 0.450 e. The number of hydrogen-bond acceptors (Lipinski definition) is 4. The van der Waals surface area contributed by atoms with Gasteiger partial charge in [-0.2, -0.15) is 0 Å². The number of amides is 1. The van der Waals surface area contributed by atoms with Gasteiger partial charge in [0.15, 0.2) is 0 Å². The monoisotopic (exact) mass is 391 g/mol. The summed E-state index contributed by atoms with van der Waals surface area (Å²) in [6.07, 6.45) is -0.527. The second-order valence-electron chi connectivity index (χ2n) is 5.88. The highest BCUT2D eigenvalue weighted by Crippen LogP contribution is 2.40. The van der Waals surface area contributed by atoms with Gasteiger partial charge in [-0.15, -0.1) is 0 Å². The normalized spacial score (nSPS) is 11.3. The highest BCUT2D eigenvalue weighted by atomic mass is 35.5. The minimum atomic E-state index is -1.19. The number of nitrogens with one attached hydrogen (secondary N) is 1. The fraction of sp³-hybridized carbons (Fsp3) is 0.381. The molecule has 0 radical (unpaired) electrons. The van der Waals surface area contributed by atoms with Gasteiger partial charge in [-0.05, 0) is 52.0 Å². The van der Waals surface area contributed by atoms with Crippen LogP contribution < -0.4 is 5.32 Å². The van der Waals surface area contributed by atoms with Gasteiger partial charge in [-0.3, -0.25) is 5.32 Å². The van der Waals surface area contributed by atoms with E-state index >= 15 is 0 Å². The Labute approximate surface area is 165 Å². The first kappa shape index (κ1) is 21.2. The van der Waals surface area contributed by atoms with Crippen LogP contribution in [0.2, 0.25) is 5.02 Å². The van der Waals surface area contributed by atoms with Crippen molar-refractivity contribution in [2.45, 2.75) is 33.5 Å². The number of rotatable bonds is 8. The predicted octanol–water partition coefficient (Wildman–Crippen LogP) is 5.49. The standard InChI is InChI=1S/C21H26ClNO4/c1-5-25-20(24)23-19-13-8-15(4)14-18(19)21(26-6-2,27-7-3)16-9-11-17(22)12-10-16/h8-14H,5-7H2,1-4H3,(H,23,24). The number of ether oxygens (including phenoxy) is 3. The first-order chi connectivity index (χ1) is 13.0. The Kier molecular flexibility index (Phi) is 7.66. The minimum absolute atomic E-state index is 0.284. The fourth-order valence-corrected chi connectivity index (χ4v) is 3.04. The second kappa shape index (κ2) is 9.74. The van der Waals surface area contributed by atoms with Crippen molar-refractivity contribution in [3.8, 4) is 0 Å². The smallest absolute Gasteiger partial charge is 0.411 e. The molecule has 1 amide bonds. The van der Waals surface area contributed by atoms with E-state index in [1.54, 1.807) is 19.1 Å². The summed E-state index contributed by atoms with van der Waals surface area (Å²) in [7, 11) is 0. The van der Waals surface area contributed by atoms with Crippen LogP contribution in [0.1, 0.15) is 37.5 Å². The molecule has 1 N–H and O–H groups in total. The number of hydrogen-bond donors (Lipinski definition) is 1. The molecule has 5 nitrogen and oxygen atoms in total. The lowest BCUT2D eigenvalue weighted by Gasteiger charge is -2.35. The summed E-state index contributed by atoms with van der Waals surface area (Å²) >= 11 is 6.07. The Balaban J connectivity index is 2.65. The summed E-state index contributed by atoms with van der Waals surface area (Å²) < 4.78 is 17.4. The van der Waals surface area contributed by atoms with Gasteiger partial charge in [-0.1, -0.05) is 35.4 Å². The fourth-order valence-electron chi connectivity index (χ4n) is 2.91. The second-order valence-corrected chi connectivity index (χ2v) is 6.32. The summed E-state index contributed by atoms with van der Waals surface area (Å²) in [4.78, 5) is 12.0. The molecular formula is C21H26ClNO4. The van der Waals surface area contributed by atoms with Crippen molar-refractivity contribution in [1.82, 2.24) is 0 Å².